The molecule has 1 fully saturated rings. The van der Waals surface area contributed by atoms with Gasteiger partial charge in [0.15, 0.2) is 0 Å². The van der Waals surface area contributed by atoms with Crippen LogP contribution in [0.15, 0.2) is 12.2 Å². The van der Waals surface area contributed by atoms with Crippen molar-refractivity contribution in [1.82, 2.24) is 5.32 Å². The fraction of sp³-hybridized carbons (Fsp3) is 0.818. The number of nitrogens with one attached hydrogen (secondary N) is 1. The van der Waals surface area contributed by atoms with Crippen LogP contribution in [0.2, 0.25) is 0 Å². The van der Waals surface area contributed by atoms with Gasteiger partial charge in [-0.25, -0.2) is 0 Å². The molecule has 3 unspecified atom stereocenters. The van der Waals surface area contributed by atoms with Gasteiger partial charge in [-0.05, 0) is 12.8 Å². The molecule has 1 heterocycles. The number of hydrogen-bond acceptors (Lipinski definition) is 2. The van der Waals surface area contributed by atoms with E-state index in [1.165, 1.54) is 25.7 Å². The van der Waals surface area contributed by atoms with Gasteiger partial charge in [-0.15, -0.1) is 0 Å². The fourth-order valence-corrected chi connectivity index (χ4v) is 2.61. The Hall–Kier alpha value is -0.340. The molecule has 74 valence electrons. The van der Waals surface area contributed by atoms with Gasteiger partial charge < -0.3 is 10.1 Å². The molecule has 13 heavy (non-hydrogen) atoms. The van der Waals surface area contributed by atoms with Crippen molar-refractivity contribution >= 4 is 0 Å². The molecule has 0 aromatic rings. The van der Waals surface area contributed by atoms with Crippen molar-refractivity contribution in [2.45, 2.75) is 37.8 Å². The summed E-state index contributed by atoms with van der Waals surface area (Å²) in [4.78, 5) is 0. The Morgan fingerprint density at radius 3 is 2.85 bits per heavy atom. The molecule has 1 saturated carbocycles. The molecule has 1 aliphatic heterocycles. The first-order valence-corrected chi connectivity index (χ1v) is 5.34. The highest BCUT2D eigenvalue weighted by molar-refractivity contribution is 5.06. The lowest BCUT2D eigenvalue weighted by Crippen LogP contribution is -2.40. The molecule has 0 bridgehead atoms. The molecule has 0 amide bonds. The summed E-state index contributed by atoms with van der Waals surface area (Å²) in [6.07, 6.45) is 10.3. The Balaban J connectivity index is 1.97. The van der Waals surface area contributed by atoms with Crippen molar-refractivity contribution in [3.8, 4) is 0 Å². The van der Waals surface area contributed by atoms with Crippen LogP contribution in [0.3, 0.4) is 0 Å². The molecule has 1 aliphatic carbocycles. The maximum absolute atomic E-state index is 5.54. The van der Waals surface area contributed by atoms with E-state index in [0.717, 1.165) is 6.54 Å². The molecular weight excluding hydrogens is 162 g/mol. The number of hydrogen-bond donors (Lipinski definition) is 1. The van der Waals surface area contributed by atoms with Gasteiger partial charge in [0.1, 0.15) is 0 Å². The number of rotatable bonds is 2. The smallest absolute Gasteiger partial charge is 0.0617 e. The van der Waals surface area contributed by atoms with Crippen LogP contribution in [0.25, 0.3) is 0 Å². The van der Waals surface area contributed by atoms with Crippen LogP contribution < -0.4 is 5.32 Å². The van der Waals surface area contributed by atoms with E-state index < -0.39 is 0 Å². The van der Waals surface area contributed by atoms with Crippen LogP contribution in [0, 0.1) is 5.92 Å². The first kappa shape index (κ1) is 9.22. The van der Waals surface area contributed by atoms with Crippen LogP contribution in [0.4, 0.5) is 0 Å². The maximum Gasteiger partial charge on any atom is 0.0617 e. The van der Waals surface area contributed by atoms with Gasteiger partial charge in [-0.2, -0.15) is 0 Å². The van der Waals surface area contributed by atoms with Gasteiger partial charge in [-0.3, -0.25) is 0 Å². The second-order valence-corrected chi connectivity index (χ2v) is 4.08. The summed E-state index contributed by atoms with van der Waals surface area (Å²) < 4.78 is 5.54. The van der Waals surface area contributed by atoms with E-state index >= 15 is 0 Å². The minimum atomic E-state index is 0.481. The molecule has 2 heteroatoms. The highest BCUT2D eigenvalue weighted by atomic mass is 16.5. The van der Waals surface area contributed by atoms with E-state index in [1.54, 1.807) is 0 Å². The van der Waals surface area contributed by atoms with E-state index in [2.05, 4.69) is 17.5 Å². The van der Waals surface area contributed by atoms with Crippen LogP contribution >= 0.6 is 0 Å². The molecule has 2 nitrogen and oxygen atoms in total. The number of methoxy groups -OCH3 is 1. The summed E-state index contributed by atoms with van der Waals surface area (Å²) in [5.41, 5.74) is 0. The zero-order valence-corrected chi connectivity index (χ0v) is 8.33. The minimum absolute atomic E-state index is 0.481. The highest BCUT2D eigenvalue weighted by Crippen LogP contribution is 2.30. The van der Waals surface area contributed by atoms with Crippen LogP contribution in [0.1, 0.15) is 25.7 Å². The average Bonchev–Trinajstić information content (AvgIpc) is 2.70. The Morgan fingerprint density at radius 2 is 2.15 bits per heavy atom. The standard InChI is InChI=1S/C11H19NO/c1-13-11-7-3-2-5-9(11)10-6-4-8-12-10/h4,6,9-12H,2-3,5,7-8H2,1H3. The van der Waals surface area contributed by atoms with Crippen molar-refractivity contribution in [2.75, 3.05) is 13.7 Å². The van der Waals surface area contributed by atoms with Gasteiger partial charge in [-0.1, -0.05) is 25.0 Å². The third-order valence-electron chi connectivity index (χ3n) is 3.33. The lowest BCUT2D eigenvalue weighted by Gasteiger charge is -2.34. The molecule has 1 N–H and O–H groups in total. The van der Waals surface area contributed by atoms with Crippen LogP contribution in [0.5, 0.6) is 0 Å². The largest absolute Gasteiger partial charge is 0.381 e. The summed E-state index contributed by atoms with van der Waals surface area (Å²) in [7, 11) is 1.85. The second kappa shape index (κ2) is 4.25. The zero-order valence-electron chi connectivity index (χ0n) is 8.33. The van der Waals surface area contributed by atoms with Gasteiger partial charge in [0.05, 0.1) is 6.10 Å². The summed E-state index contributed by atoms with van der Waals surface area (Å²) in [6, 6.07) is 0.574. The Kier molecular flexibility index (Phi) is 3.01. The van der Waals surface area contributed by atoms with Crippen molar-refractivity contribution in [3.05, 3.63) is 12.2 Å². The molecule has 2 rings (SSSR count). The van der Waals surface area contributed by atoms with E-state index in [0.29, 0.717) is 18.1 Å². The first-order valence-electron chi connectivity index (χ1n) is 5.34. The molecule has 0 saturated heterocycles. The highest BCUT2D eigenvalue weighted by Gasteiger charge is 2.31. The predicted molar refractivity (Wildman–Crippen MR) is 53.7 cm³/mol. The van der Waals surface area contributed by atoms with E-state index in [1.807, 2.05) is 7.11 Å². The minimum Gasteiger partial charge on any atom is -0.381 e. The Morgan fingerprint density at radius 1 is 1.31 bits per heavy atom. The summed E-state index contributed by atoms with van der Waals surface area (Å²) in [5, 5.41) is 3.50. The van der Waals surface area contributed by atoms with Crippen LogP contribution in [-0.2, 0) is 4.74 Å². The molecule has 3 atom stereocenters. The third kappa shape index (κ3) is 1.94. The topological polar surface area (TPSA) is 21.3 Å². The predicted octanol–water partition coefficient (Wildman–Crippen LogP) is 1.72. The second-order valence-electron chi connectivity index (χ2n) is 4.08. The van der Waals surface area contributed by atoms with Crippen molar-refractivity contribution in [1.29, 1.82) is 0 Å². The zero-order chi connectivity index (χ0) is 9.10. The monoisotopic (exact) mass is 181 g/mol. The van der Waals surface area contributed by atoms with Gasteiger partial charge in [0, 0.05) is 25.6 Å². The van der Waals surface area contributed by atoms with E-state index in [9.17, 15) is 0 Å². The van der Waals surface area contributed by atoms with E-state index in [-0.39, 0.29) is 0 Å². The lowest BCUT2D eigenvalue weighted by molar-refractivity contribution is 0.0159. The normalized spacial score (nSPS) is 39.6. The quantitative estimate of drug-likeness (QED) is 0.655. The first-order chi connectivity index (χ1) is 6.42. The molecule has 0 radical (unpaired) electrons. The van der Waals surface area contributed by atoms with Gasteiger partial charge in [0.25, 0.3) is 0 Å². The van der Waals surface area contributed by atoms with Crippen molar-refractivity contribution in [3.63, 3.8) is 0 Å². The molecule has 2 aliphatic rings. The van der Waals surface area contributed by atoms with Gasteiger partial charge in [0.2, 0.25) is 0 Å². The molecule has 0 aromatic carbocycles. The molecule has 0 aromatic heterocycles. The third-order valence-corrected chi connectivity index (χ3v) is 3.33. The van der Waals surface area contributed by atoms with Crippen molar-refractivity contribution in [2.24, 2.45) is 5.92 Å². The van der Waals surface area contributed by atoms with Crippen molar-refractivity contribution < 1.29 is 4.74 Å². The Bertz CT molecular complexity index is 191. The SMILES string of the molecule is COC1CCCCC1C1C=CCN1. The molecular formula is C11H19NO. The lowest BCUT2D eigenvalue weighted by atomic mass is 9.82. The van der Waals surface area contributed by atoms with Crippen LogP contribution in [-0.4, -0.2) is 25.8 Å². The fourth-order valence-electron chi connectivity index (χ4n) is 2.61. The maximum atomic E-state index is 5.54. The molecule has 0 spiro atoms. The van der Waals surface area contributed by atoms with Gasteiger partial charge >= 0.3 is 0 Å². The average molecular weight is 181 g/mol. The number of ether oxygens (including phenoxy) is 1. The summed E-state index contributed by atoms with van der Waals surface area (Å²) in [5.74, 6) is 0.706. The Labute approximate surface area is 80.4 Å². The van der Waals surface area contributed by atoms with E-state index in [4.69, 9.17) is 4.74 Å². The summed E-state index contributed by atoms with van der Waals surface area (Å²) in [6.45, 7) is 1.04. The summed E-state index contributed by atoms with van der Waals surface area (Å²) >= 11 is 0.